The quantitative estimate of drug-likeness (QED) is 0.214. The van der Waals surface area contributed by atoms with E-state index < -0.39 is 0 Å². The van der Waals surface area contributed by atoms with Crippen LogP contribution in [0.4, 0.5) is 0 Å². The van der Waals surface area contributed by atoms with Gasteiger partial charge in [0.05, 0.1) is 27.9 Å². The molecule has 0 spiro atoms. The number of rotatable bonds is 10. The van der Waals surface area contributed by atoms with Crippen LogP contribution in [0.25, 0.3) is 0 Å². The molecule has 0 unspecified atom stereocenters. The van der Waals surface area contributed by atoms with E-state index >= 15 is 0 Å². The molecule has 6 nitrogen and oxygen atoms in total. The largest absolute Gasteiger partial charge is 0.493 e. The molecule has 0 bridgehead atoms. The first kappa shape index (κ1) is 24.7. The Balaban J connectivity index is 0.00000392. The maximum absolute atomic E-state index is 5.42. The summed E-state index contributed by atoms with van der Waals surface area (Å²) in [5, 5.41) is 6.76. The van der Waals surface area contributed by atoms with Gasteiger partial charge in [-0.1, -0.05) is 25.7 Å². The fraction of sp³-hybridized carbons (Fsp3) is 0.667. The van der Waals surface area contributed by atoms with Crippen molar-refractivity contribution < 1.29 is 14.2 Å². The number of guanidine groups is 1. The smallest absolute Gasteiger partial charge is 0.203 e. The molecule has 0 heterocycles. The maximum Gasteiger partial charge on any atom is 0.203 e. The molecule has 160 valence electrons. The molecule has 28 heavy (non-hydrogen) atoms. The van der Waals surface area contributed by atoms with E-state index in [-0.39, 0.29) is 24.0 Å². The van der Waals surface area contributed by atoms with E-state index in [9.17, 15) is 0 Å². The summed E-state index contributed by atoms with van der Waals surface area (Å²) in [5.74, 6) is 3.68. The van der Waals surface area contributed by atoms with Crippen molar-refractivity contribution in [3.8, 4) is 17.2 Å². The van der Waals surface area contributed by atoms with Crippen LogP contribution in [0.5, 0.6) is 17.2 Å². The molecule has 0 radical (unpaired) electrons. The van der Waals surface area contributed by atoms with Crippen LogP contribution < -0.4 is 24.8 Å². The summed E-state index contributed by atoms with van der Waals surface area (Å²) >= 11 is 0. The molecule has 0 atom stereocenters. The summed E-state index contributed by atoms with van der Waals surface area (Å²) in [4.78, 5) is 4.70. The second-order valence-corrected chi connectivity index (χ2v) is 6.95. The van der Waals surface area contributed by atoms with Crippen LogP contribution in [-0.4, -0.2) is 40.4 Å². The normalized spacial score (nSPS) is 14.4. The minimum absolute atomic E-state index is 0. The molecular formula is C21H36IN3O3. The number of methoxy groups -OCH3 is 3. The minimum Gasteiger partial charge on any atom is -0.493 e. The average Bonchev–Trinajstić information content (AvgIpc) is 3.21. The van der Waals surface area contributed by atoms with Gasteiger partial charge < -0.3 is 24.8 Å². The van der Waals surface area contributed by atoms with Gasteiger partial charge in [-0.15, -0.1) is 24.0 Å². The molecule has 1 saturated carbocycles. The fourth-order valence-corrected chi connectivity index (χ4v) is 3.64. The van der Waals surface area contributed by atoms with E-state index in [1.165, 1.54) is 38.5 Å². The number of nitrogens with one attached hydrogen (secondary N) is 2. The summed E-state index contributed by atoms with van der Waals surface area (Å²) in [6.07, 6.45) is 8.16. The summed E-state index contributed by atoms with van der Waals surface area (Å²) in [5.41, 5.74) is 1.01. The zero-order valence-electron chi connectivity index (χ0n) is 17.7. The Kier molecular flexibility index (Phi) is 12.1. The Morgan fingerprint density at radius 1 is 1.04 bits per heavy atom. The monoisotopic (exact) mass is 505 g/mol. The highest BCUT2D eigenvalue weighted by Gasteiger charge is 2.14. The van der Waals surface area contributed by atoms with Crippen LogP contribution in [-0.2, 0) is 6.54 Å². The van der Waals surface area contributed by atoms with Gasteiger partial charge in [0.25, 0.3) is 0 Å². The number of hydrogen-bond acceptors (Lipinski definition) is 4. The lowest BCUT2D eigenvalue weighted by molar-refractivity contribution is 0.324. The van der Waals surface area contributed by atoms with Gasteiger partial charge in [-0.2, -0.15) is 0 Å². The molecule has 2 N–H and O–H groups in total. The van der Waals surface area contributed by atoms with Crippen LogP contribution in [0.15, 0.2) is 17.1 Å². The highest BCUT2D eigenvalue weighted by atomic mass is 127. The molecule has 0 aromatic heterocycles. The third-order valence-electron chi connectivity index (χ3n) is 5.04. The predicted molar refractivity (Wildman–Crippen MR) is 126 cm³/mol. The van der Waals surface area contributed by atoms with Crippen molar-refractivity contribution in [2.24, 2.45) is 10.9 Å². The average molecular weight is 505 g/mol. The van der Waals surface area contributed by atoms with E-state index in [0.717, 1.165) is 30.5 Å². The van der Waals surface area contributed by atoms with Gasteiger partial charge in [0.15, 0.2) is 17.5 Å². The maximum atomic E-state index is 5.42. The fourth-order valence-electron chi connectivity index (χ4n) is 3.64. The summed E-state index contributed by atoms with van der Waals surface area (Å²) in [6, 6.07) is 3.88. The van der Waals surface area contributed by atoms with Crippen LogP contribution in [0, 0.1) is 5.92 Å². The first-order valence-electron chi connectivity index (χ1n) is 10.0. The molecule has 2 rings (SSSR count). The predicted octanol–water partition coefficient (Wildman–Crippen LogP) is 4.36. The van der Waals surface area contributed by atoms with Crippen molar-refractivity contribution in [2.45, 2.75) is 52.0 Å². The van der Waals surface area contributed by atoms with Crippen LogP contribution >= 0.6 is 24.0 Å². The summed E-state index contributed by atoms with van der Waals surface area (Å²) in [6.45, 7) is 4.41. The van der Waals surface area contributed by atoms with Gasteiger partial charge in [0.2, 0.25) is 5.75 Å². The number of benzene rings is 1. The number of hydrogen-bond donors (Lipinski definition) is 2. The molecule has 7 heteroatoms. The van der Waals surface area contributed by atoms with Crippen molar-refractivity contribution >= 4 is 29.9 Å². The third-order valence-corrected chi connectivity index (χ3v) is 5.04. The second-order valence-electron chi connectivity index (χ2n) is 6.95. The highest BCUT2D eigenvalue weighted by molar-refractivity contribution is 14.0. The van der Waals surface area contributed by atoms with E-state index in [4.69, 9.17) is 19.2 Å². The summed E-state index contributed by atoms with van der Waals surface area (Å²) in [7, 11) is 4.86. The van der Waals surface area contributed by atoms with Gasteiger partial charge in [-0.05, 0) is 43.4 Å². The first-order chi connectivity index (χ1) is 13.2. The standard InChI is InChI=1S/C21H35N3O3.HI/c1-5-22-21(23-12-8-11-16-9-6-7-10-16)24-15-17-13-18(25-2)20(27-4)19(14-17)26-3;/h13-14,16H,5-12,15H2,1-4H3,(H2,22,23,24);1H. The Morgan fingerprint density at radius 2 is 1.68 bits per heavy atom. The molecule has 0 saturated heterocycles. The van der Waals surface area contributed by atoms with Crippen molar-refractivity contribution in [1.29, 1.82) is 0 Å². The number of halogens is 1. The molecular weight excluding hydrogens is 469 g/mol. The van der Waals surface area contributed by atoms with Gasteiger partial charge in [0.1, 0.15) is 0 Å². The molecule has 1 aromatic rings. The third kappa shape index (κ3) is 7.56. The van der Waals surface area contributed by atoms with Crippen molar-refractivity contribution in [2.75, 3.05) is 34.4 Å². The Bertz CT molecular complexity index is 580. The topological polar surface area (TPSA) is 64.1 Å². The molecule has 0 amide bonds. The molecule has 1 aliphatic carbocycles. The zero-order valence-corrected chi connectivity index (χ0v) is 20.0. The zero-order chi connectivity index (χ0) is 19.5. The SMILES string of the molecule is CCNC(=NCc1cc(OC)c(OC)c(OC)c1)NCCCC1CCCC1.I. The molecule has 1 aromatic carbocycles. The lowest BCUT2D eigenvalue weighted by Gasteiger charge is -2.15. The first-order valence-corrected chi connectivity index (χ1v) is 10.0. The van der Waals surface area contributed by atoms with Crippen LogP contribution in [0.3, 0.4) is 0 Å². The van der Waals surface area contributed by atoms with Gasteiger partial charge in [-0.25, -0.2) is 4.99 Å². The number of nitrogens with zero attached hydrogens (tertiary/aromatic N) is 1. The van der Waals surface area contributed by atoms with E-state index in [1.54, 1.807) is 21.3 Å². The Labute approximate surface area is 186 Å². The molecule has 0 aliphatic heterocycles. The molecule has 1 fully saturated rings. The van der Waals surface area contributed by atoms with Gasteiger partial charge >= 0.3 is 0 Å². The van der Waals surface area contributed by atoms with Crippen LogP contribution in [0.1, 0.15) is 51.0 Å². The number of aliphatic imine (C=N–C) groups is 1. The number of ether oxygens (including phenoxy) is 3. The van der Waals surface area contributed by atoms with Crippen molar-refractivity contribution in [1.82, 2.24) is 10.6 Å². The minimum atomic E-state index is 0. The van der Waals surface area contributed by atoms with Gasteiger partial charge in [-0.3, -0.25) is 0 Å². The lowest BCUT2D eigenvalue weighted by Crippen LogP contribution is -2.37. The van der Waals surface area contributed by atoms with E-state index in [1.807, 2.05) is 12.1 Å². The summed E-state index contributed by atoms with van der Waals surface area (Å²) < 4.78 is 16.2. The van der Waals surface area contributed by atoms with E-state index in [0.29, 0.717) is 23.8 Å². The van der Waals surface area contributed by atoms with Crippen LogP contribution in [0.2, 0.25) is 0 Å². The van der Waals surface area contributed by atoms with Crippen molar-refractivity contribution in [3.63, 3.8) is 0 Å². The second kappa shape index (κ2) is 13.7. The highest BCUT2D eigenvalue weighted by Crippen LogP contribution is 2.38. The lowest BCUT2D eigenvalue weighted by atomic mass is 10.0. The molecule has 1 aliphatic rings. The Morgan fingerprint density at radius 3 is 2.21 bits per heavy atom. The van der Waals surface area contributed by atoms with Gasteiger partial charge in [0, 0.05) is 13.1 Å². The van der Waals surface area contributed by atoms with E-state index in [2.05, 4.69) is 17.6 Å². The Hall–Kier alpha value is -1.38. The van der Waals surface area contributed by atoms with Crippen molar-refractivity contribution in [3.05, 3.63) is 17.7 Å².